The molecule has 1 aromatic heterocycles. The van der Waals surface area contributed by atoms with Gasteiger partial charge in [-0.2, -0.15) is 10.2 Å². The lowest BCUT2D eigenvalue weighted by Gasteiger charge is -2.11. The third-order valence-electron chi connectivity index (χ3n) is 3.70. The summed E-state index contributed by atoms with van der Waals surface area (Å²) < 4.78 is 8.46. The topological polar surface area (TPSA) is 63.5 Å². The number of hydrazone groups is 1. The molecule has 2 rings (SSSR count). The van der Waals surface area contributed by atoms with Crippen molar-refractivity contribution in [3.8, 4) is 5.75 Å². The van der Waals surface area contributed by atoms with Gasteiger partial charge in [-0.05, 0) is 65.8 Å². The van der Waals surface area contributed by atoms with Crippen LogP contribution in [-0.4, -0.2) is 34.8 Å². The lowest BCUT2D eigenvalue weighted by atomic mass is 10.1. The van der Waals surface area contributed by atoms with E-state index in [4.69, 9.17) is 17.0 Å². The molecule has 0 spiro atoms. The van der Waals surface area contributed by atoms with Crippen LogP contribution in [-0.2, 0) is 6.54 Å². The summed E-state index contributed by atoms with van der Waals surface area (Å²) in [5.41, 5.74) is 6.75. The molecule has 0 aliphatic heterocycles. The lowest BCUT2D eigenvalue weighted by Crippen LogP contribution is -2.31. The number of benzene rings is 1. The molecule has 2 N–H and O–H groups in total. The largest absolute Gasteiger partial charge is 0.496 e. The highest BCUT2D eigenvalue weighted by Crippen LogP contribution is 2.24. The minimum Gasteiger partial charge on any atom is -0.496 e. The Kier molecular flexibility index (Phi) is 7.35. The quantitative estimate of drug-likeness (QED) is 0.302. The average Bonchev–Trinajstić information content (AvgIpc) is 2.87. The SMILES string of the molecule is C=CCNC(=S)N/N=C\c1ccc(OC)c(Cn2nc(C)c(Br)c2C)c1. The number of hydrogen-bond donors (Lipinski definition) is 2. The number of methoxy groups -OCH3 is 1. The third-order valence-corrected chi connectivity index (χ3v) is 5.09. The Labute approximate surface area is 167 Å². The van der Waals surface area contributed by atoms with Gasteiger partial charge in [-0.3, -0.25) is 10.1 Å². The number of thiocarbonyl (C=S) groups is 1. The van der Waals surface area contributed by atoms with Gasteiger partial charge in [0.2, 0.25) is 0 Å². The zero-order valence-corrected chi connectivity index (χ0v) is 17.4. The Morgan fingerprint density at radius 2 is 2.23 bits per heavy atom. The Morgan fingerprint density at radius 1 is 1.46 bits per heavy atom. The van der Waals surface area contributed by atoms with Crippen LogP contribution in [0, 0.1) is 13.8 Å². The highest BCUT2D eigenvalue weighted by Gasteiger charge is 2.11. The maximum absolute atomic E-state index is 5.48. The van der Waals surface area contributed by atoms with Gasteiger partial charge in [-0.25, -0.2) is 0 Å². The molecule has 0 saturated carbocycles. The standard InChI is InChI=1S/C18H22BrN5OS/c1-5-8-20-18(26)22-21-10-14-6-7-16(25-4)15(9-14)11-24-13(3)17(19)12(2)23-24/h5-7,9-10H,1,8,11H2,2-4H3,(H2,20,22,26)/b21-10-. The van der Waals surface area contributed by atoms with Crippen LogP contribution in [0.15, 0.2) is 40.4 Å². The smallest absolute Gasteiger partial charge is 0.187 e. The van der Waals surface area contributed by atoms with E-state index < -0.39 is 0 Å². The van der Waals surface area contributed by atoms with Crippen molar-refractivity contribution in [2.24, 2.45) is 5.10 Å². The molecule has 0 saturated heterocycles. The fraction of sp³-hybridized carbons (Fsp3) is 0.278. The van der Waals surface area contributed by atoms with Crippen molar-refractivity contribution in [1.82, 2.24) is 20.5 Å². The van der Waals surface area contributed by atoms with Crippen LogP contribution in [0.25, 0.3) is 0 Å². The monoisotopic (exact) mass is 435 g/mol. The molecule has 0 amide bonds. The van der Waals surface area contributed by atoms with E-state index in [-0.39, 0.29) is 0 Å². The van der Waals surface area contributed by atoms with Crippen LogP contribution in [0.1, 0.15) is 22.5 Å². The van der Waals surface area contributed by atoms with Crippen LogP contribution in [0.4, 0.5) is 0 Å². The second kappa shape index (κ2) is 9.49. The molecule has 26 heavy (non-hydrogen) atoms. The second-order valence-electron chi connectivity index (χ2n) is 5.58. The Balaban J connectivity index is 2.16. The molecule has 0 radical (unpaired) electrons. The molecule has 2 aromatic rings. The van der Waals surface area contributed by atoms with Crippen LogP contribution >= 0.6 is 28.1 Å². The molecule has 8 heteroatoms. The highest BCUT2D eigenvalue weighted by atomic mass is 79.9. The highest BCUT2D eigenvalue weighted by molar-refractivity contribution is 9.10. The minimum absolute atomic E-state index is 0.447. The van der Waals surface area contributed by atoms with E-state index in [9.17, 15) is 0 Å². The summed E-state index contributed by atoms with van der Waals surface area (Å²) in [4.78, 5) is 0. The first kappa shape index (κ1) is 20.1. The number of hydrogen-bond acceptors (Lipinski definition) is 4. The molecule has 0 atom stereocenters. The van der Waals surface area contributed by atoms with Crippen LogP contribution in [0.2, 0.25) is 0 Å². The summed E-state index contributed by atoms with van der Waals surface area (Å²) in [6, 6.07) is 5.88. The lowest BCUT2D eigenvalue weighted by molar-refractivity contribution is 0.407. The normalized spacial score (nSPS) is 10.8. The minimum atomic E-state index is 0.447. The summed E-state index contributed by atoms with van der Waals surface area (Å²) in [5.74, 6) is 0.807. The van der Waals surface area contributed by atoms with Crippen molar-refractivity contribution in [3.63, 3.8) is 0 Å². The summed E-state index contributed by atoms with van der Waals surface area (Å²) in [7, 11) is 1.66. The van der Waals surface area contributed by atoms with E-state index in [1.54, 1.807) is 19.4 Å². The summed E-state index contributed by atoms with van der Waals surface area (Å²) in [6.45, 7) is 8.83. The van der Waals surface area contributed by atoms with Gasteiger partial charge in [-0.15, -0.1) is 6.58 Å². The maximum Gasteiger partial charge on any atom is 0.187 e. The van der Waals surface area contributed by atoms with Crippen LogP contribution in [0.5, 0.6) is 5.75 Å². The first-order valence-electron chi connectivity index (χ1n) is 8.00. The first-order valence-corrected chi connectivity index (χ1v) is 9.20. The fourth-order valence-corrected chi connectivity index (χ4v) is 2.78. The first-order chi connectivity index (χ1) is 12.5. The number of ether oxygens (including phenoxy) is 1. The molecular formula is C18H22BrN5OS. The molecule has 0 aliphatic rings. The number of aryl methyl sites for hydroxylation is 1. The van der Waals surface area contributed by atoms with Crippen LogP contribution in [0.3, 0.4) is 0 Å². The van der Waals surface area contributed by atoms with Crippen molar-refractivity contribution < 1.29 is 4.74 Å². The van der Waals surface area contributed by atoms with Crippen molar-refractivity contribution in [2.45, 2.75) is 20.4 Å². The van der Waals surface area contributed by atoms with E-state index >= 15 is 0 Å². The average molecular weight is 436 g/mol. The molecule has 138 valence electrons. The van der Waals surface area contributed by atoms with E-state index in [1.165, 1.54) is 0 Å². The van der Waals surface area contributed by atoms with Gasteiger partial charge in [-0.1, -0.05) is 6.08 Å². The fourth-order valence-electron chi connectivity index (χ4n) is 2.36. The molecule has 0 bridgehead atoms. The number of halogens is 1. The van der Waals surface area contributed by atoms with Crippen molar-refractivity contribution in [2.75, 3.05) is 13.7 Å². The van der Waals surface area contributed by atoms with Crippen LogP contribution < -0.4 is 15.5 Å². The molecule has 0 fully saturated rings. The summed E-state index contributed by atoms with van der Waals surface area (Å²) in [6.07, 6.45) is 3.44. The molecule has 0 unspecified atom stereocenters. The Morgan fingerprint density at radius 3 is 2.85 bits per heavy atom. The summed E-state index contributed by atoms with van der Waals surface area (Å²) >= 11 is 8.66. The predicted molar refractivity (Wildman–Crippen MR) is 113 cm³/mol. The number of nitrogens with zero attached hydrogens (tertiary/aromatic N) is 3. The van der Waals surface area contributed by atoms with Crippen molar-refractivity contribution >= 4 is 39.5 Å². The zero-order chi connectivity index (χ0) is 19.1. The number of rotatable bonds is 7. The Bertz CT molecular complexity index is 831. The van der Waals surface area contributed by atoms with Gasteiger partial charge in [0.05, 0.1) is 35.7 Å². The van der Waals surface area contributed by atoms with Gasteiger partial charge in [0.1, 0.15) is 5.75 Å². The summed E-state index contributed by atoms with van der Waals surface area (Å²) in [5, 5.41) is 12.1. The van der Waals surface area contributed by atoms with Gasteiger partial charge >= 0.3 is 0 Å². The van der Waals surface area contributed by atoms with Gasteiger partial charge in [0.15, 0.2) is 5.11 Å². The second-order valence-corrected chi connectivity index (χ2v) is 6.78. The Hall–Kier alpha value is -2.19. The van der Waals surface area contributed by atoms with Gasteiger partial charge in [0.25, 0.3) is 0 Å². The van der Waals surface area contributed by atoms with E-state index in [0.29, 0.717) is 18.2 Å². The van der Waals surface area contributed by atoms with E-state index in [0.717, 1.165) is 32.7 Å². The molecule has 6 nitrogen and oxygen atoms in total. The molecule has 0 aliphatic carbocycles. The third kappa shape index (κ3) is 5.15. The van der Waals surface area contributed by atoms with E-state index in [1.807, 2.05) is 36.7 Å². The maximum atomic E-state index is 5.48. The molecule has 1 heterocycles. The van der Waals surface area contributed by atoms with Gasteiger partial charge < -0.3 is 10.1 Å². The predicted octanol–water partition coefficient (Wildman–Crippen LogP) is 3.30. The molecular weight excluding hydrogens is 414 g/mol. The number of nitrogens with one attached hydrogen (secondary N) is 2. The van der Waals surface area contributed by atoms with E-state index in [2.05, 4.69) is 43.5 Å². The van der Waals surface area contributed by atoms with Gasteiger partial charge in [0, 0.05) is 12.1 Å². The van der Waals surface area contributed by atoms with Crippen molar-refractivity contribution in [3.05, 3.63) is 57.8 Å². The number of aromatic nitrogens is 2. The zero-order valence-electron chi connectivity index (χ0n) is 15.0. The molecule has 1 aromatic carbocycles. The van der Waals surface area contributed by atoms with Crippen molar-refractivity contribution in [1.29, 1.82) is 0 Å².